The lowest BCUT2D eigenvalue weighted by molar-refractivity contribution is 0.0745. The summed E-state index contributed by atoms with van der Waals surface area (Å²) in [5.74, 6) is -0.452. The number of nitrogens with zero attached hydrogens (tertiary/aromatic N) is 3. The van der Waals surface area contributed by atoms with Crippen LogP contribution in [0.1, 0.15) is 41.6 Å². The van der Waals surface area contributed by atoms with E-state index in [1.165, 1.54) is 6.20 Å². The van der Waals surface area contributed by atoms with Crippen LogP contribution in [-0.2, 0) is 0 Å². The van der Waals surface area contributed by atoms with Gasteiger partial charge in [0, 0.05) is 25.8 Å². The number of likely N-dealkylation sites (N-methyl/N-ethyl adjacent to an activating group) is 2. The highest BCUT2D eigenvalue weighted by atomic mass is 16.2. The Morgan fingerprint density at radius 3 is 2.29 bits per heavy atom. The van der Waals surface area contributed by atoms with Crippen molar-refractivity contribution in [3.63, 3.8) is 0 Å². The third kappa shape index (κ3) is 5.53. The summed E-state index contributed by atoms with van der Waals surface area (Å²) >= 11 is 0. The number of nitrogens with one attached hydrogen (secondary N) is 1. The van der Waals surface area contributed by atoms with Gasteiger partial charge in [-0.15, -0.1) is 0 Å². The lowest BCUT2D eigenvalue weighted by Crippen LogP contribution is -2.38. The minimum absolute atomic E-state index is 0.0820. The van der Waals surface area contributed by atoms with Crippen molar-refractivity contribution < 1.29 is 9.59 Å². The van der Waals surface area contributed by atoms with E-state index in [2.05, 4.69) is 29.0 Å². The number of pyridine rings is 1. The van der Waals surface area contributed by atoms with Crippen LogP contribution in [-0.4, -0.2) is 59.3 Å². The molecule has 0 fully saturated rings. The van der Waals surface area contributed by atoms with Crippen molar-refractivity contribution in [3.8, 4) is 0 Å². The molecule has 0 atom stereocenters. The zero-order valence-corrected chi connectivity index (χ0v) is 16.8. The fourth-order valence-electron chi connectivity index (χ4n) is 2.84. The number of benzene rings is 1. The fourth-order valence-corrected chi connectivity index (χ4v) is 2.84. The Morgan fingerprint density at radius 2 is 1.71 bits per heavy atom. The molecule has 3 N–H and O–H groups in total. The number of hydrogen-bond acceptors (Lipinski definition) is 5. The molecule has 2 amide bonds. The summed E-state index contributed by atoms with van der Waals surface area (Å²) in [6, 6.07) is 10.2. The molecule has 1 aromatic heterocycles. The van der Waals surface area contributed by atoms with E-state index < -0.39 is 0 Å². The van der Waals surface area contributed by atoms with E-state index in [1.807, 2.05) is 6.92 Å². The van der Waals surface area contributed by atoms with Crippen LogP contribution in [0.5, 0.6) is 0 Å². The second-order valence-corrected chi connectivity index (χ2v) is 6.39. The monoisotopic (exact) mass is 383 g/mol. The van der Waals surface area contributed by atoms with Crippen molar-refractivity contribution in [3.05, 3.63) is 53.9 Å². The number of rotatable bonds is 9. The highest BCUT2D eigenvalue weighted by Crippen LogP contribution is 2.17. The number of hydrogen-bond donors (Lipinski definition) is 2. The first-order chi connectivity index (χ1) is 13.5. The molecule has 0 unspecified atom stereocenters. The third-order valence-electron chi connectivity index (χ3n) is 4.70. The largest absolute Gasteiger partial charge is 0.397 e. The van der Waals surface area contributed by atoms with Crippen LogP contribution in [0.3, 0.4) is 0 Å². The van der Waals surface area contributed by atoms with Gasteiger partial charge in [0.15, 0.2) is 0 Å². The number of amides is 2. The van der Waals surface area contributed by atoms with E-state index in [0.717, 1.165) is 19.6 Å². The minimum atomic E-state index is -0.370. The molecule has 0 radical (unpaired) electrons. The van der Waals surface area contributed by atoms with Gasteiger partial charge in [0.25, 0.3) is 11.8 Å². The number of nitrogen functional groups attached to an aromatic ring is 1. The van der Waals surface area contributed by atoms with Crippen LogP contribution < -0.4 is 11.1 Å². The molecule has 2 aromatic rings. The average Bonchev–Trinajstić information content (AvgIpc) is 2.73. The molecule has 150 valence electrons. The summed E-state index contributed by atoms with van der Waals surface area (Å²) in [4.78, 5) is 33.3. The van der Waals surface area contributed by atoms with Crippen LogP contribution in [0.25, 0.3) is 0 Å². The normalized spacial score (nSPS) is 10.7. The van der Waals surface area contributed by atoms with E-state index in [0.29, 0.717) is 30.0 Å². The van der Waals surface area contributed by atoms with Gasteiger partial charge in [0.1, 0.15) is 5.69 Å². The summed E-state index contributed by atoms with van der Waals surface area (Å²) < 4.78 is 0. The van der Waals surface area contributed by atoms with E-state index >= 15 is 0 Å². The quantitative estimate of drug-likeness (QED) is 0.650. The number of aromatic nitrogens is 1. The van der Waals surface area contributed by atoms with Gasteiger partial charge in [-0.3, -0.25) is 14.6 Å². The number of carbonyl (C=O) groups excluding carboxylic acids is 2. The second kappa shape index (κ2) is 10.4. The lowest BCUT2D eigenvalue weighted by atomic mass is 10.2. The van der Waals surface area contributed by atoms with Crippen LogP contribution in [0.4, 0.5) is 11.4 Å². The molecule has 7 nitrogen and oxygen atoms in total. The standard InChI is InChI=1S/C21H29N5O2/c1-4-25(5-2)13-14-26(6-3)21(28)16-11-12-19(23-15-16)20(27)24-18-10-8-7-9-17(18)22/h7-12,15H,4-6,13-14,22H2,1-3H3,(H,24,27). The molecular weight excluding hydrogens is 354 g/mol. The minimum Gasteiger partial charge on any atom is -0.397 e. The number of para-hydroxylation sites is 2. The number of carbonyl (C=O) groups is 2. The second-order valence-electron chi connectivity index (χ2n) is 6.39. The van der Waals surface area contributed by atoms with Crippen molar-refractivity contribution in [2.75, 3.05) is 43.8 Å². The van der Waals surface area contributed by atoms with Crippen molar-refractivity contribution in [2.24, 2.45) is 0 Å². The average molecular weight is 383 g/mol. The predicted octanol–water partition coefficient (Wildman–Crippen LogP) is 2.72. The Labute approximate surface area is 166 Å². The summed E-state index contributed by atoms with van der Waals surface area (Å²) in [7, 11) is 0. The smallest absolute Gasteiger partial charge is 0.274 e. The zero-order chi connectivity index (χ0) is 20.5. The van der Waals surface area contributed by atoms with E-state index in [9.17, 15) is 9.59 Å². The summed E-state index contributed by atoms with van der Waals surface area (Å²) in [6.45, 7) is 10.2. The molecule has 0 aliphatic carbocycles. The van der Waals surface area contributed by atoms with Gasteiger partial charge >= 0.3 is 0 Å². The highest BCUT2D eigenvalue weighted by molar-refractivity contribution is 6.04. The summed E-state index contributed by atoms with van der Waals surface area (Å²) in [6.07, 6.45) is 1.45. The molecule has 0 saturated carbocycles. The topological polar surface area (TPSA) is 91.6 Å². The Balaban J connectivity index is 2.02. The first-order valence-corrected chi connectivity index (χ1v) is 9.63. The van der Waals surface area contributed by atoms with Gasteiger partial charge in [-0.1, -0.05) is 26.0 Å². The first-order valence-electron chi connectivity index (χ1n) is 9.63. The molecule has 0 aliphatic rings. The SMILES string of the molecule is CCN(CC)CCN(CC)C(=O)c1ccc(C(=O)Nc2ccccc2N)nc1. The molecule has 1 heterocycles. The lowest BCUT2D eigenvalue weighted by Gasteiger charge is -2.25. The van der Waals surface area contributed by atoms with Crippen molar-refractivity contribution in [1.82, 2.24) is 14.8 Å². The van der Waals surface area contributed by atoms with E-state index in [1.54, 1.807) is 41.3 Å². The van der Waals surface area contributed by atoms with E-state index in [-0.39, 0.29) is 17.5 Å². The van der Waals surface area contributed by atoms with E-state index in [4.69, 9.17) is 5.73 Å². The van der Waals surface area contributed by atoms with Gasteiger partial charge in [0.05, 0.1) is 16.9 Å². The van der Waals surface area contributed by atoms with Gasteiger partial charge in [-0.2, -0.15) is 0 Å². The van der Waals surface area contributed by atoms with Gasteiger partial charge in [-0.05, 0) is 44.3 Å². The molecule has 0 spiro atoms. The maximum atomic E-state index is 12.7. The van der Waals surface area contributed by atoms with Gasteiger partial charge in [-0.25, -0.2) is 0 Å². The van der Waals surface area contributed by atoms with Crippen LogP contribution >= 0.6 is 0 Å². The Bertz CT molecular complexity index is 788. The molecule has 0 saturated heterocycles. The highest BCUT2D eigenvalue weighted by Gasteiger charge is 2.16. The fraction of sp³-hybridized carbons (Fsp3) is 0.381. The Kier molecular flexibility index (Phi) is 7.95. The van der Waals surface area contributed by atoms with Crippen molar-refractivity contribution in [1.29, 1.82) is 0 Å². The Morgan fingerprint density at radius 1 is 1.00 bits per heavy atom. The molecular formula is C21H29N5O2. The number of anilines is 2. The Hall–Kier alpha value is -2.93. The predicted molar refractivity (Wildman–Crippen MR) is 112 cm³/mol. The molecule has 0 bridgehead atoms. The molecule has 0 aliphatic heterocycles. The molecule has 7 heteroatoms. The third-order valence-corrected chi connectivity index (χ3v) is 4.70. The van der Waals surface area contributed by atoms with Crippen LogP contribution in [0, 0.1) is 0 Å². The van der Waals surface area contributed by atoms with Crippen molar-refractivity contribution >= 4 is 23.2 Å². The summed E-state index contributed by atoms with van der Waals surface area (Å²) in [5.41, 5.74) is 7.55. The zero-order valence-electron chi connectivity index (χ0n) is 16.8. The van der Waals surface area contributed by atoms with Crippen LogP contribution in [0.2, 0.25) is 0 Å². The van der Waals surface area contributed by atoms with Gasteiger partial charge < -0.3 is 20.9 Å². The number of nitrogens with two attached hydrogens (primary N) is 1. The molecule has 2 rings (SSSR count). The maximum absolute atomic E-state index is 12.7. The van der Waals surface area contributed by atoms with Crippen molar-refractivity contribution in [2.45, 2.75) is 20.8 Å². The maximum Gasteiger partial charge on any atom is 0.274 e. The first kappa shape index (κ1) is 21.4. The summed E-state index contributed by atoms with van der Waals surface area (Å²) in [5, 5.41) is 2.73. The van der Waals surface area contributed by atoms with Crippen LogP contribution in [0.15, 0.2) is 42.6 Å². The molecule has 28 heavy (non-hydrogen) atoms. The molecule has 1 aromatic carbocycles. The van der Waals surface area contributed by atoms with Gasteiger partial charge in [0.2, 0.25) is 0 Å².